The van der Waals surface area contributed by atoms with Crippen LogP contribution < -0.4 is 0 Å². The lowest BCUT2D eigenvalue weighted by Gasteiger charge is -2.32. The zero-order valence-corrected chi connectivity index (χ0v) is 12.7. The minimum atomic E-state index is -1.05. The van der Waals surface area contributed by atoms with E-state index >= 15 is 0 Å². The Kier molecular flexibility index (Phi) is 3.49. The summed E-state index contributed by atoms with van der Waals surface area (Å²) in [6, 6.07) is 4.66. The molecule has 0 amide bonds. The number of rotatable bonds is 1. The van der Waals surface area contributed by atoms with Gasteiger partial charge in [0.25, 0.3) is 5.79 Å². The van der Waals surface area contributed by atoms with Gasteiger partial charge < -0.3 is 14.6 Å². The minimum absolute atomic E-state index is 0.0795. The van der Waals surface area contributed by atoms with Gasteiger partial charge in [0.05, 0.1) is 4.47 Å². The van der Waals surface area contributed by atoms with Crippen LogP contribution in [0.2, 0.25) is 0 Å². The highest BCUT2D eigenvalue weighted by molar-refractivity contribution is 9.10. The molecular formula is C15H13BrO5. The van der Waals surface area contributed by atoms with Gasteiger partial charge in [0, 0.05) is 12.8 Å². The summed E-state index contributed by atoms with van der Waals surface area (Å²) < 4.78 is 11.1. The molecule has 21 heavy (non-hydrogen) atoms. The van der Waals surface area contributed by atoms with Crippen LogP contribution in [0.3, 0.4) is 0 Å². The number of hydrogen-bond donors (Lipinski definition) is 1. The van der Waals surface area contributed by atoms with E-state index in [4.69, 9.17) is 9.47 Å². The summed E-state index contributed by atoms with van der Waals surface area (Å²) in [6.07, 6.45) is 4.27. The van der Waals surface area contributed by atoms with Crippen LogP contribution in [0.4, 0.5) is 0 Å². The van der Waals surface area contributed by atoms with E-state index in [9.17, 15) is 14.7 Å². The molecule has 0 aromatic heterocycles. The number of carbonyl (C=O) groups is 2. The van der Waals surface area contributed by atoms with E-state index in [1.807, 2.05) is 0 Å². The molecule has 2 aliphatic rings. The maximum absolute atomic E-state index is 12.1. The molecule has 2 fully saturated rings. The second-order valence-corrected chi connectivity index (χ2v) is 6.02. The van der Waals surface area contributed by atoms with Gasteiger partial charge in [-0.2, -0.15) is 0 Å². The first-order valence-electron chi connectivity index (χ1n) is 6.66. The van der Waals surface area contributed by atoms with Gasteiger partial charge >= 0.3 is 11.9 Å². The Labute approximate surface area is 129 Å². The Morgan fingerprint density at radius 1 is 1.14 bits per heavy atom. The van der Waals surface area contributed by atoms with Gasteiger partial charge in [-0.25, -0.2) is 9.59 Å². The van der Waals surface area contributed by atoms with Gasteiger partial charge in [-0.1, -0.05) is 6.07 Å². The zero-order chi connectivity index (χ0) is 15.0. The molecule has 1 heterocycles. The Morgan fingerprint density at radius 2 is 1.76 bits per heavy atom. The molecule has 0 bridgehead atoms. The van der Waals surface area contributed by atoms with Crippen LogP contribution in [0.5, 0.6) is 5.75 Å². The van der Waals surface area contributed by atoms with Gasteiger partial charge in [0.1, 0.15) is 11.3 Å². The summed E-state index contributed by atoms with van der Waals surface area (Å²) in [5, 5.41) is 9.44. The third-order valence-corrected chi connectivity index (χ3v) is 4.28. The van der Waals surface area contributed by atoms with Crippen LogP contribution >= 0.6 is 15.9 Å². The number of ether oxygens (including phenoxy) is 2. The smallest absolute Gasteiger partial charge is 0.348 e. The summed E-state index contributed by atoms with van der Waals surface area (Å²) in [5.41, 5.74) is 0.455. The fourth-order valence-corrected chi connectivity index (χ4v) is 2.96. The lowest BCUT2D eigenvalue weighted by molar-refractivity contribution is -0.232. The fourth-order valence-electron chi connectivity index (χ4n) is 2.57. The Hall–Kier alpha value is -1.82. The zero-order valence-electron chi connectivity index (χ0n) is 11.1. The molecule has 6 heteroatoms. The van der Waals surface area contributed by atoms with E-state index in [1.165, 1.54) is 12.1 Å². The van der Waals surface area contributed by atoms with Crippen molar-refractivity contribution in [2.45, 2.75) is 31.5 Å². The van der Waals surface area contributed by atoms with E-state index in [0.717, 1.165) is 12.8 Å². The van der Waals surface area contributed by atoms with Gasteiger partial charge in [0.2, 0.25) is 0 Å². The second kappa shape index (κ2) is 5.18. The molecule has 1 aromatic carbocycles. The molecule has 0 atom stereocenters. The highest BCUT2D eigenvalue weighted by Crippen LogP contribution is 2.38. The summed E-state index contributed by atoms with van der Waals surface area (Å²) in [4.78, 5) is 24.1. The highest BCUT2D eigenvalue weighted by Gasteiger charge is 2.47. The fraction of sp³-hybridized carbons (Fsp3) is 0.333. The molecule has 1 spiro atoms. The van der Waals surface area contributed by atoms with Gasteiger partial charge in [-0.05, 0) is 52.5 Å². The van der Waals surface area contributed by atoms with E-state index < -0.39 is 17.7 Å². The number of benzene rings is 1. The average molecular weight is 353 g/mol. The lowest BCUT2D eigenvalue weighted by atomic mass is 10.1. The van der Waals surface area contributed by atoms with Crippen LogP contribution in [0.25, 0.3) is 6.08 Å². The number of phenols is 1. The van der Waals surface area contributed by atoms with Crippen LogP contribution in [0.1, 0.15) is 31.2 Å². The number of hydrogen-bond acceptors (Lipinski definition) is 5. The summed E-state index contributed by atoms with van der Waals surface area (Å²) in [6.45, 7) is 0. The normalized spacial score (nSPS) is 20.3. The van der Waals surface area contributed by atoms with Crippen molar-refractivity contribution >= 4 is 33.9 Å². The predicted octanol–water partition coefficient (Wildman–Crippen LogP) is 2.91. The number of esters is 2. The molecular weight excluding hydrogens is 340 g/mol. The van der Waals surface area contributed by atoms with Crippen molar-refractivity contribution < 1.29 is 24.2 Å². The Morgan fingerprint density at radius 3 is 2.33 bits per heavy atom. The first-order chi connectivity index (χ1) is 9.99. The van der Waals surface area contributed by atoms with Crippen molar-refractivity contribution in [3.8, 4) is 5.75 Å². The molecule has 0 unspecified atom stereocenters. The minimum Gasteiger partial charge on any atom is -0.507 e. The quantitative estimate of drug-likeness (QED) is 0.478. The van der Waals surface area contributed by atoms with Gasteiger partial charge in [0.15, 0.2) is 0 Å². The van der Waals surface area contributed by atoms with Crippen molar-refractivity contribution in [1.82, 2.24) is 0 Å². The molecule has 3 rings (SSSR count). The SMILES string of the molecule is O=C1OC2(CCCC2)OC(=O)C1=Cc1ccc(O)c(Br)c1. The highest BCUT2D eigenvalue weighted by atomic mass is 79.9. The summed E-state index contributed by atoms with van der Waals surface area (Å²) >= 11 is 3.18. The van der Waals surface area contributed by atoms with Crippen molar-refractivity contribution in [2.75, 3.05) is 0 Å². The number of halogens is 1. The molecule has 1 N–H and O–H groups in total. The summed E-state index contributed by atoms with van der Waals surface area (Å²) in [5.74, 6) is -2.29. The first kappa shape index (κ1) is 14.1. The third kappa shape index (κ3) is 2.68. The number of phenolic OH excluding ortho intramolecular Hbond substituents is 1. The standard InChI is InChI=1S/C15H13BrO5/c16-11-8-9(3-4-12(11)17)7-10-13(18)20-15(21-14(10)19)5-1-2-6-15/h3-4,7-8,17H,1-2,5-6H2. The third-order valence-electron chi connectivity index (χ3n) is 3.65. The van der Waals surface area contributed by atoms with Crippen LogP contribution in [-0.4, -0.2) is 22.8 Å². The van der Waals surface area contributed by atoms with E-state index in [1.54, 1.807) is 12.1 Å². The Bertz CT molecular complexity index is 621. The van der Waals surface area contributed by atoms with E-state index in [0.29, 0.717) is 22.9 Å². The first-order valence-corrected chi connectivity index (χ1v) is 7.45. The van der Waals surface area contributed by atoms with Crippen LogP contribution in [0, 0.1) is 0 Å². The molecule has 110 valence electrons. The van der Waals surface area contributed by atoms with Crippen molar-refractivity contribution in [2.24, 2.45) is 0 Å². The largest absolute Gasteiger partial charge is 0.507 e. The molecule has 1 saturated carbocycles. The maximum Gasteiger partial charge on any atom is 0.348 e. The maximum atomic E-state index is 12.1. The number of carbonyl (C=O) groups excluding carboxylic acids is 2. The van der Waals surface area contributed by atoms with Crippen molar-refractivity contribution in [3.05, 3.63) is 33.8 Å². The molecule has 1 aliphatic heterocycles. The van der Waals surface area contributed by atoms with Crippen LogP contribution in [-0.2, 0) is 19.1 Å². The lowest BCUT2D eigenvalue weighted by Crippen LogP contribution is -2.44. The van der Waals surface area contributed by atoms with Crippen molar-refractivity contribution in [3.63, 3.8) is 0 Å². The van der Waals surface area contributed by atoms with Crippen LogP contribution in [0.15, 0.2) is 28.2 Å². The Balaban J connectivity index is 1.88. The molecule has 1 aliphatic carbocycles. The summed E-state index contributed by atoms with van der Waals surface area (Å²) in [7, 11) is 0. The van der Waals surface area contributed by atoms with Gasteiger partial charge in [-0.15, -0.1) is 0 Å². The van der Waals surface area contributed by atoms with E-state index in [-0.39, 0.29) is 11.3 Å². The number of aromatic hydroxyl groups is 1. The van der Waals surface area contributed by atoms with Gasteiger partial charge in [-0.3, -0.25) is 0 Å². The topological polar surface area (TPSA) is 72.8 Å². The molecule has 1 saturated heterocycles. The predicted molar refractivity (Wildman–Crippen MR) is 77.2 cm³/mol. The van der Waals surface area contributed by atoms with Crippen molar-refractivity contribution in [1.29, 1.82) is 0 Å². The monoisotopic (exact) mass is 352 g/mol. The molecule has 0 radical (unpaired) electrons. The average Bonchev–Trinajstić information content (AvgIpc) is 2.86. The van der Waals surface area contributed by atoms with E-state index in [2.05, 4.69) is 15.9 Å². The second-order valence-electron chi connectivity index (χ2n) is 5.17. The molecule has 1 aromatic rings. The molecule has 5 nitrogen and oxygen atoms in total.